The number of amides is 1. The molecule has 0 aromatic heterocycles. The number of halogens is 1. The minimum Gasteiger partial charge on any atom is -0.348 e. The standard InChI is InChI=1S/C24H30FN3O/c1-27-15-12-21(13-16-27)28-14-4-5-20(17-28)26-24(29)23-7-3-2-6-22(23)18-8-10-19(25)11-9-18/h2-3,6-11,20-21H,4-5,12-17H2,1H3,(H,26,29). The molecule has 2 fully saturated rings. The van der Waals surface area contributed by atoms with Crippen LogP contribution < -0.4 is 5.32 Å². The number of piperidine rings is 2. The first-order valence-electron chi connectivity index (χ1n) is 10.7. The number of carbonyl (C=O) groups is 1. The van der Waals surface area contributed by atoms with Gasteiger partial charge in [0.15, 0.2) is 0 Å². The number of carbonyl (C=O) groups excluding carboxylic acids is 1. The summed E-state index contributed by atoms with van der Waals surface area (Å²) in [7, 11) is 2.19. The summed E-state index contributed by atoms with van der Waals surface area (Å²) in [6, 6.07) is 14.7. The van der Waals surface area contributed by atoms with E-state index in [0.29, 0.717) is 11.6 Å². The van der Waals surface area contributed by atoms with Gasteiger partial charge in [-0.25, -0.2) is 4.39 Å². The van der Waals surface area contributed by atoms with E-state index in [0.717, 1.165) is 50.1 Å². The minimum absolute atomic E-state index is 0.0415. The molecule has 1 atom stereocenters. The lowest BCUT2D eigenvalue weighted by molar-refractivity contribution is 0.0766. The molecule has 4 nitrogen and oxygen atoms in total. The highest BCUT2D eigenvalue weighted by Crippen LogP contribution is 2.25. The fourth-order valence-electron chi connectivity index (χ4n) is 4.64. The molecular weight excluding hydrogens is 365 g/mol. The van der Waals surface area contributed by atoms with Crippen LogP contribution in [-0.4, -0.2) is 61.0 Å². The minimum atomic E-state index is -0.271. The molecule has 2 aliphatic heterocycles. The summed E-state index contributed by atoms with van der Waals surface area (Å²) >= 11 is 0. The molecule has 2 aromatic rings. The molecule has 2 heterocycles. The van der Waals surface area contributed by atoms with Crippen LogP contribution in [0.5, 0.6) is 0 Å². The topological polar surface area (TPSA) is 35.6 Å². The van der Waals surface area contributed by atoms with Gasteiger partial charge in [0.1, 0.15) is 5.82 Å². The van der Waals surface area contributed by atoms with Crippen LogP contribution in [0, 0.1) is 5.82 Å². The first kappa shape index (κ1) is 20.0. The van der Waals surface area contributed by atoms with Gasteiger partial charge in [-0.1, -0.05) is 30.3 Å². The van der Waals surface area contributed by atoms with E-state index in [2.05, 4.69) is 22.2 Å². The molecule has 2 aliphatic rings. The highest BCUT2D eigenvalue weighted by atomic mass is 19.1. The zero-order valence-corrected chi connectivity index (χ0v) is 17.1. The van der Waals surface area contributed by atoms with Crippen molar-refractivity contribution in [3.8, 4) is 11.1 Å². The Balaban J connectivity index is 1.43. The molecule has 0 bridgehead atoms. The summed E-state index contributed by atoms with van der Waals surface area (Å²) in [5.41, 5.74) is 2.34. The average Bonchev–Trinajstić information content (AvgIpc) is 2.75. The zero-order valence-electron chi connectivity index (χ0n) is 17.1. The van der Waals surface area contributed by atoms with Crippen molar-refractivity contribution in [1.29, 1.82) is 0 Å². The average molecular weight is 396 g/mol. The van der Waals surface area contributed by atoms with E-state index in [-0.39, 0.29) is 17.8 Å². The summed E-state index contributed by atoms with van der Waals surface area (Å²) in [4.78, 5) is 18.1. The van der Waals surface area contributed by atoms with Crippen LogP contribution in [0.3, 0.4) is 0 Å². The maximum atomic E-state index is 13.3. The predicted molar refractivity (Wildman–Crippen MR) is 114 cm³/mol. The van der Waals surface area contributed by atoms with E-state index in [4.69, 9.17) is 0 Å². The molecule has 1 amide bonds. The van der Waals surface area contributed by atoms with Crippen LogP contribution in [0.2, 0.25) is 0 Å². The Morgan fingerprint density at radius 1 is 1.00 bits per heavy atom. The maximum Gasteiger partial charge on any atom is 0.252 e. The maximum absolute atomic E-state index is 13.3. The van der Waals surface area contributed by atoms with Crippen LogP contribution in [0.25, 0.3) is 11.1 Å². The predicted octanol–water partition coefficient (Wildman–Crippen LogP) is 3.78. The summed E-state index contributed by atoms with van der Waals surface area (Å²) in [6.07, 6.45) is 4.57. The zero-order chi connectivity index (χ0) is 20.2. The number of hydrogen-bond acceptors (Lipinski definition) is 3. The monoisotopic (exact) mass is 395 g/mol. The van der Waals surface area contributed by atoms with Crippen molar-refractivity contribution in [3.05, 3.63) is 59.9 Å². The molecule has 5 heteroatoms. The Hall–Kier alpha value is -2.24. The van der Waals surface area contributed by atoms with E-state index in [9.17, 15) is 9.18 Å². The van der Waals surface area contributed by atoms with E-state index in [1.165, 1.54) is 25.0 Å². The second kappa shape index (κ2) is 9.06. The molecule has 4 rings (SSSR count). The van der Waals surface area contributed by atoms with E-state index in [1.54, 1.807) is 12.1 Å². The van der Waals surface area contributed by atoms with Gasteiger partial charge < -0.3 is 10.2 Å². The Morgan fingerprint density at radius 3 is 2.48 bits per heavy atom. The van der Waals surface area contributed by atoms with Gasteiger partial charge >= 0.3 is 0 Å². The summed E-state index contributed by atoms with van der Waals surface area (Å²) in [5, 5.41) is 3.27. The molecule has 2 aromatic carbocycles. The highest BCUT2D eigenvalue weighted by Gasteiger charge is 2.29. The first-order chi connectivity index (χ1) is 14.1. The third kappa shape index (κ3) is 4.85. The normalized spacial score (nSPS) is 21.8. The van der Waals surface area contributed by atoms with Crippen LogP contribution in [0.1, 0.15) is 36.0 Å². The fraction of sp³-hybridized carbons (Fsp3) is 0.458. The number of benzene rings is 2. The second-order valence-electron chi connectivity index (χ2n) is 8.39. The van der Waals surface area contributed by atoms with Crippen LogP contribution >= 0.6 is 0 Å². The number of nitrogens with one attached hydrogen (secondary N) is 1. The molecule has 154 valence electrons. The second-order valence-corrected chi connectivity index (χ2v) is 8.39. The number of nitrogens with zero attached hydrogens (tertiary/aromatic N) is 2. The molecule has 0 radical (unpaired) electrons. The number of hydrogen-bond donors (Lipinski definition) is 1. The van der Waals surface area contributed by atoms with Gasteiger partial charge in [0, 0.05) is 24.2 Å². The Bertz CT molecular complexity index is 830. The van der Waals surface area contributed by atoms with Crippen LogP contribution in [-0.2, 0) is 0 Å². The SMILES string of the molecule is CN1CCC(N2CCCC(NC(=O)c3ccccc3-c3ccc(F)cc3)C2)CC1. The first-order valence-corrected chi connectivity index (χ1v) is 10.7. The Labute approximate surface area is 172 Å². The van der Waals surface area contributed by atoms with Gasteiger partial charge in [0.05, 0.1) is 0 Å². The Morgan fingerprint density at radius 2 is 1.72 bits per heavy atom. The van der Waals surface area contributed by atoms with Crippen LogP contribution in [0.4, 0.5) is 4.39 Å². The molecule has 1 unspecified atom stereocenters. The summed E-state index contributed by atoms with van der Waals surface area (Å²) in [5.74, 6) is -0.313. The summed E-state index contributed by atoms with van der Waals surface area (Å²) < 4.78 is 13.3. The highest BCUT2D eigenvalue weighted by molar-refractivity contribution is 6.01. The molecule has 1 N–H and O–H groups in total. The Kier molecular flexibility index (Phi) is 6.26. The molecule has 0 aliphatic carbocycles. The smallest absolute Gasteiger partial charge is 0.252 e. The summed E-state index contributed by atoms with van der Waals surface area (Å²) in [6.45, 7) is 4.37. The van der Waals surface area contributed by atoms with E-state index < -0.39 is 0 Å². The van der Waals surface area contributed by atoms with E-state index >= 15 is 0 Å². The van der Waals surface area contributed by atoms with Gasteiger partial charge in [-0.3, -0.25) is 9.69 Å². The lowest BCUT2D eigenvalue weighted by atomic mass is 9.96. The van der Waals surface area contributed by atoms with Crippen molar-refractivity contribution in [3.63, 3.8) is 0 Å². The van der Waals surface area contributed by atoms with Crippen molar-refractivity contribution >= 4 is 5.91 Å². The lowest BCUT2D eigenvalue weighted by Crippen LogP contribution is -2.53. The van der Waals surface area contributed by atoms with Crippen LogP contribution in [0.15, 0.2) is 48.5 Å². The van der Waals surface area contributed by atoms with Crippen molar-refractivity contribution in [1.82, 2.24) is 15.1 Å². The van der Waals surface area contributed by atoms with Crippen molar-refractivity contribution in [2.75, 3.05) is 33.2 Å². The molecular formula is C24H30FN3O. The van der Waals surface area contributed by atoms with E-state index in [1.807, 2.05) is 24.3 Å². The molecule has 0 saturated carbocycles. The van der Waals surface area contributed by atoms with Gasteiger partial charge in [0.25, 0.3) is 5.91 Å². The van der Waals surface area contributed by atoms with Gasteiger partial charge in [-0.15, -0.1) is 0 Å². The van der Waals surface area contributed by atoms with Crippen molar-refractivity contribution < 1.29 is 9.18 Å². The van der Waals surface area contributed by atoms with Crippen molar-refractivity contribution in [2.24, 2.45) is 0 Å². The van der Waals surface area contributed by atoms with Gasteiger partial charge in [-0.2, -0.15) is 0 Å². The van der Waals surface area contributed by atoms with Gasteiger partial charge in [0.2, 0.25) is 0 Å². The van der Waals surface area contributed by atoms with Crippen molar-refractivity contribution in [2.45, 2.75) is 37.8 Å². The molecule has 29 heavy (non-hydrogen) atoms. The molecule has 2 saturated heterocycles. The third-order valence-electron chi connectivity index (χ3n) is 6.32. The lowest BCUT2D eigenvalue weighted by Gasteiger charge is -2.41. The largest absolute Gasteiger partial charge is 0.348 e. The number of likely N-dealkylation sites (tertiary alicyclic amines) is 2. The molecule has 0 spiro atoms. The quantitative estimate of drug-likeness (QED) is 0.856. The number of rotatable bonds is 4. The van der Waals surface area contributed by atoms with Gasteiger partial charge in [-0.05, 0) is 81.7 Å². The fourth-order valence-corrected chi connectivity index (χ4v) is 4.64. The third-order valence-corrected chi connectivity index (χ3v) is 6.32.